The molecule has 0 aromatic heterocycles. The maximum absolute atomic E-state index is 12.0. The molecule has 5 heteroatoms. The fourth-order valence-electron chi connectivity index (χ4n) is 2.52. The van der Waals surface area contributed by atoms with Gasteiger partial charge in [-0.3, -0.25) is 4.79 Å². The number of benzene rings is 2. The largest absolute Gasteiger partial charge is 0.493 e. The Hall–Kier alpha value is -2.82. The quantitative estimate of drug-likeness (QED) is 0.526. The summed E-state index contributed by atoms with van der Waals surface area (Å²) in [6.07, 6.45) is 2.51. The molecule has 0 spiro atoms. The molecule has 2 aromatic rings. The monoisotopic (exact) mass is 368 g/mol. The highest BCUT2D eigenvalue weighted by molar-refractivity contribution is 5.85. The number of ether oxygens (including phenoxy) is 2. The Kier molecular flexibility index (Phi) is 7.86. The van der Waals surface area contributed by atoms with E-state index in [4.69, 9.17) is 9.47 Å². The van der Waals surface area contributed by atoms with Crippen LogP contribution in [-0.4, -0.2) is 25.3 Å². The number of hydrazone groups is 1. The van der Waals surface area contributed by atoms with Crippen LogP contribution in [-0.2, 0) is 4.79 Å². The molecule has 144 valence electrons. The van der Waals surface area contributed by atoms with Crippen molar-refractivity contribution in [3.8, 4) is 11.5 Å². The first kappa shape index (κ1) is 20.5. The predicted octanol–water partition coefficient (Wildman–Crippen LogP) is 4.44. The highest BCUT2D eigenvalue weighted by atomic mass is 16.5. The van der Waals surface area contributed by atoms with E-state index in [2.05, 4.69) is 31.3 Å². The summed E-state index contributed by atoms with van der Waals surface area (Å²) in [5, 5.41) is 4.01. The van der Waals surface area contributed by atoms with E-state index in [1.165, 1.54) is 0 Å². The zero-order chi connectivity index (χ0) is 19.6. The first-order chi connectivity index (χ1) is 13.0. The minimum Gasteiger partial charge on any atom is -0.493 e. The predicted molar refractivity (Wildman–Crippen MR) is 109 cm³/mol. The minimum atomic E-state index is -0.311. The van der Waals surface area contributed by atoms with Crippen molar-refractivity contribution in [2.75, 3.05) is 13.2 Å². The number of carbonyl (C=O) groups is 1. The third-order valence-corrected chi connectivity index (χ3v) is 3.92. The van der Waals surface area contributed by atoms with Gasteiger partial charge in [0.2, 0.25) is 0 Å². The normalized spacial score (nSPS) is 11.0. The number of aryl methyl sites for hydroxylation is 1. The van der Waals surface area contributed by atoms with E-state index in [1.807, 2.05) is 49.4 Å². The number of nitrogens with zero attached hydrogens (tertiary/aromatic N) is 1. The molecule has 27 heavy (non-hydrogen) atoms. The second-order valence-electron chi connectivity index (χ2n) is 6.66. The van der Waals surface area contributed by atoms with Gasteiger partial charge in [-0.15, -0.1) is 0 Å². The SMILES string of the molecule is CCCOc1ccccc1/C=N\NC(=O)COc1cc(C)ccc1C(C)C. The van der Waals surface area contributed by atoms with Crippen molar-refractivity contribution >= 4 is 12.1 Å². The van der Waals surface area contributed by atoms with Crippen LogP contribution in [0.1, 0.15) is 49.8 Å². The van der Waals surface area contributed by atoms with Gasteiger partial charge >= 0.3 is 0 Å². The summed E-state index contributed by atoms with van der Waals surface area (Å²) in [5.41, 5.74) is 5.49. The molecule has 0 atom stereocenters. The number of amides is 1. The van der Waals surface area contributed by atoms with E-state index in [0.29, 0.717) is 12.5 Å². The van der Waals surface area contributed by atoms with Crippen LogP contribution in [0.5, 0.6) is 11.5 Å². The van der Waals surface area contributed by atoms with Crippen LogP contribution in [0.3, 0.4) is 0 Å². The molecule has 0 radical (unpaired) electrons. The average molecular weight is 368 g/mol. The zero-order valence-electron chi connectivity index (χ0n) is 16.5. The molecule has 0 saturated carbocycles. The van der Waals surface area contributed by atoms with Crippen molar-refractivity contribution in [1.29, 1.82) is 0 Å². The Morgan fingerprint density at radius 2 is 1.93 bits per heavy atom. The molecule has 0 unspecified atom stereocenters. The molecule has 1 amide bonds. The Morgan fingerprint density at radius 1 is 1.15 bits per heavy atom. The van der Waals surface area contributed by atoms with E-state index in [9.17, 15) is 4.79 Å². The molecule has 0 aliphatic carbocycles. The number of hydrogen-bond donors (Lipinski definition) is 1. The molecular weight excluding hydrogens is 340 g/mol. The fourth-order valence-corrected chi connectivity index (χ4v) is 2.52. The first-order valence-corrected chi connectivity index (χ1v) is 9.28. The van der Waals surface area contributed by atoms with Crippen LogP contribution in [0, 0.1) is 6.92 Å². The number of hydrogen-bond acceptors (Lipinski definition) is 4. The van der Waals surface area contributed by atoms with Crippen LogP contribution < -0.4 is 14.9 Å². The van der Waals surface area contributed by atoms with Crippen molar-refractivity contribution < 1.29 is 14.3 Å². The summed E-state index contributed by atoms with van der Waals surface area (Å²) in [5.74, 6) is 1.49. The Morgan fingerprint density at radius 3 is 2.67 bits per heavy atom. The molecule has 0 fully saturated rings. The van der Waals surface area contributed by atoms with Gasteiger partial charge in [0.15, 0.2) is 6.61 Å². The van der Waals surface area contributed by atoms with Gasteiger partial charge in [0.05, 0.1) is 12.8 Å². The molecule has 0 aliphatic heterocycles. The van der Waals surface area contributed by atoms with E-state index >= 15 is 0 Å². The van der Waals surface area contributed by atoms with Crippen LogP contribution in [0.4, 0.5) is 0 Å². The van der Waals surface area contributed by atoms with Gasteiger partial charge in [0.1, 0.15) is 11.5 Å². The molecule has 0 aliphatic rings. The van der Waals surface area contributed by atoms with Crippen LogP contribution in [0.2, 0.25) is 0 Å². The van der Waals surface area contributed by atoms with Crippen molar-refractivity contribution in [3.05, 3.63) is 59.2 Å². The van der Waals surface area contributed by atoms with Gasteiger partial charge in [-0.05, 0) is 48.6 Å². The van der Waals surface area contributed by atoms with Gasteiger partial charge in [0.25, 0.3) is 5.91 Å². The maximum atomic E-state index is 12.0. The second kappa shape index (κ2) is 10.4. The minimum absolute atomic E-state index is 0.0888. The summed E-state index contributed by atoms with van der Waals surface area (Å²) in [6, 6.07) is 13.6. The highest BCUT2D eigenvalue weighted by Crippen LogP contribution is 2.27. The Bertz CT molecular complexity index is 785. The van der Waals surface area contributed by atoms with E-state index in [0.717, 1.165) is 34.6 Å². The molecule has 1 N–H and O–H groups in total. The lowest BCUT2D eigenvalue weighted by Crippen LogP contribution is -2.25. The number of para-hydroxylation sites is 1. The summed E-state index contributed by atoms with van der Waals surface area (Å²) >= 11 is 0. The molecular formula is C22H28N2O3. The van der Waals surface area contributed by atoms with Crippen molar-refractivity contribution in [2.45, 2.75) is 40.0 Å². The third-order valence-electron chi connectivity index (χ3n) is 3.92. The number of carbonyl (C=O) groups excluding carboxylic acids is 1. The fraction of sp³-hybridized carbons (Fsp3) is 0.364. The molecule has 0 heterocycles. The average Bonchev–Trinajstić information content (AvgIpc) is 2.65. The lowest BCUT2D eigenvalue weighted by molar-refractivity contribution is -0.123. The topological polar surface area (TPSA) is 59.9 Å². The Labute approximate surface area is 161 Å². The summed E-state index contributed by atoms with van der Waals surface area (Å²) < 4.78 is 11.4. The van der Waals surface area contributed by atoms with Gasteiger partial charge in [-0.1, -0.05) is 45.0 Å². The maximum Gasteiger partial charge on any atom is 0.277 e. The summed E-state index contributed by atoms with van der Waals surface area (Å²) in [4.78, 5) is 12.0. The molecule has 5 nitrogen and oxygen atoms in total. The lowest BCUT2D eigenvalue weighted by atomic mass is 10.0. The molecule has 0 bridgehead atoms. The zero-order valence-corrected chi connectivity index (χ0v) is 16.5. The van der Waals surface area contributed by atoms with E-state index < -0.39 is 0 Å². The molecule has 0 saturated heterocycles. The number of rotatable bonds is 9. The summed E-state index contributed by atoms with van der Waals surface area (Å²) in [7, 11) is 0. The molecule has 2 rings (SSSR count). The van der Waals surface area contributed by atoms with E-state index in [1.54, 1.807) is 6.21 Å². The lowest BCUT2D eigenvalue weighted by Gasteiger charge is -2.14. The van der Waals surface area contributed by atoms with Crippen molar-refractivity contribution in [2.24, 2.45) is 5.10 Å². The van der Waals surface area contributed by atoms with Gasteiger partial charge < -0.3 is 9.47 Å². The van der Waals surface area contributed by atoms with Gasteiger partial charge in [0, 0.05) is 5.56 Å². The highest BCUT2D eigenvalue weighted by Gasteiger charge is 2.10. The van der Waals surface area contributed by atoms with Gasteiger partial charge in [-0.25, -0.2) is 5.43 Å². The number of nitrogens with one attached hydrogen (secondary N) is 1. The molecule has 2 aromatic carbocycles. The van der Waals surface area contributed by atoms with Crippen molar-refractivity contribution in [3.63, 3.8) is 0 Å². The van der Waals surface area contributed by atoms with Crippen LogP contribution in [0.25, 0.3) is 0 Å². The first-order valence-electron chi connectivity index (χ1n) is 9.28. The smallest absolute Gasteiger partial charge is 0.277 e. The summed E-state index contributed by atoms with van der Waals surface area (Å²) in [6.45, 7) is 8.80. The van der Waals surface area contributed by atoms with Gasteiger partial charge in [-0.2, -0.15) is 5.10 Å². The van der Waals surface area contributed by atoms with Crippen LogP contribution in [0.15, 0.2) is 47.6 Å². The second-order valence-corrected chi connectivity index (χ2v) is 6.66. The van der Waals surface area contributed by atoms with Crippen LogP contribution >= 0.6 is 0 Å². The standard InChI is InChI=1S/C22H28N2O3/c1-5-12-26-20-9-7-6-8-18(20)14-23-24-22(25)15-27-21-13-17(4)10-11-19(21)16(2)3/h6-11,13-14,16H,5,12,15H2,1-4H3,(H,24,25)/b23-14-. The van der Waals surface area contributed by atoms with E-state index in [-0.39, 0.29) is 12.5 Å². The van der Waals surface area contributed by atoms with Crippen molar-refractivity contribution in [1.82, 2.24) is 5.43 Å². The third kappa shape index (κ3) is 6.44. The Balaban J connectivity index is 1.92.